The number of aromatic nitrogens is 4. The highest BCUT2D eigenvalue weighted by Gasteiger charge is 2.35. The SMILES string of the molecule is CCn1ncc(C(=O)N2Cc3c(C(=O)N4CCCC4)nn(C)c3C2)c1C. The second-order valence-electron chi connectivity index (χ2n) is 7.02. The molecule has 0 saturated carbocycles. The smallest absolute Gasteiger partial charge is 0.274 e. The van der Waals surface area contributed by atoms with E-state index in [1.165, 1.54) is 0 Å². The highest BCUT2D eigenvalue weighted by Crippen LogP contribution is 2.28. The van der Waals surface area contributed by atoms with Gasteiger partial charge in [0.15, 0.2) is 5.69 Å². The molecule has 0 bridgehead atoms. The van der Waals surface area contributed by atoms with Gasteiger partial charge in [-0.15, -0.1) is 0 Å². The average molecular weight is 356 g/mol. The van der Waals surface area contributed by atoms with Crippen LogP contribution < -0.4 is 0 Å². The topological polar surface area (TPSA) is 76.3 Å². The summed E-state index contributed by atoms with van der Waals surface area (Å²) >= 11 is 0. The number of nitrogens with zero attached hydrogens (tertiary/aromatic N) is 6. The van der Waals surface area contributed by atoms with Crippen LogP contribution in [-0.2, 0) is 26.7 Å². The summed E-state index contributed by atoms with van der Waals surface area (Å²) in [6.45, 7) is 7.14. The molecule has 1 fully saturated rings. The van der Waals surface area contributed by atoms with Crippen LogP contribution in [0.25, 0.3) is 0 Å². The maximum absolute atomic E-state index is 13.0. The quantitative estimate of drug-likeness (QED) is 0.832. The first-order valence-electron chi connectivity index (χ1n) is 9.17. The van der Waals surface area contributed by atoms with Gasteiger partial charge in [0.05, 0.1) is 30.5 Å². The zero-order valence-electron chi connectivity index (χ0n) is 15.5. The van der Waals surface area contributed by atoms with Crippen LogP contribution in [0.3, 0.4) is 0 Å². The van der Waals surface area contributed by atoms with E-state index in [0.717, 1.165) is 49.4 Å². The molecule has 138 valence electrons. The van der Waals surface area contributed by atoms with Crippen molar-refractivity contribution >= 4 is 11.8 Å². The fourth-order valence-electron chi connectivity index (χ4n) is 3.93. The summed E-state index contributed by atoms with van der Waals surface area (Å²) in [6, 6.07) is 0. The number of likely N-dealkylation sites (tertiary alicyclic amines) is 1. The third-order valence-corrected chi connectivity index (χ3v) is 5.48. The Labute approximate surface area is 152 Å². The molecule has 0 aliphatic carbocycles. The van der Waals surface area contributed by atoms with E-state index in [1.807, 2.05) is 30.5 Å². The van der Waals surface area contributed by atoms with Gasteiger partial charge < -0.3 is 9.80 Å². The molecule has 0 spiro atoms. The lowest BCUT2D eigenvalue weighted by molar-refractivity contribution is 0.0735. The monoisotopic (exact) mass is 356 g/mol. The van der Waals surface area contributed by atoms with Crippen LogP contribution >= 0.6 is 0 Å². The zero-order valence-corrected chi connectivity index (χ0v) is 15.5. The summed E-state index contributed by atoms with van der Waals surface area (Å²) < 4.78 is 3.56. The van der Waals surface area contributed by atoms with E-state index in [9.17, 15) is 9.59 Å². The Kier molecular flexibility index (Phi) is 4.05. The Hall–Kier alpha value is -2.64. The van der Waals surface area contributed by atoms with Gasteiger partial charge in [-0.3, -0.25) is 19.0 Å². The molecule has 4 rings (SSSR count). The van der Waals surface area contributed by atoms with Crippen LogP contribution in [0.5, 0.6) is 0 Å². The normalized spacial score (nSPS) is 16.4. The number of carbonyl (C=O) groups excluding carboxylic acids is 2. The first kappa shape index (κ1) is 16.8. The summed E-state index contributed by atoms with van der Waals surface area (Å²) in [6.07, 6.45) is 3.73. The Morgan fingerprint density at radius 2 is 1.85 bits per heavy atom. The minimum Gasteiger partial charge on any atom is -0.337 e. The molecule has 0 aromatic carbocycles. The van der Waals surface area contributed by atoms with Crippen LogP contribution in [0, 0.1) is 6.92 Å². The first-order valence-corrected chi connectivity index (χ1v) is 9.17. The number of carbonyl (C=O) groups is 2. The highest BCUT2D eigenvalue weighted by atomic mass is 16.2. The van der Waals surface area contributed by atoms with E-state index in [4.69, 9.17) is 0 Å². The molecule has 0 atom stereocenters. The van der Waals surface area contributed by atoms with Crippen LogP contribution in [0.4, 0.5) is 0 Å². The fraction of sp³-hybridized carbons (Fsp3) is 0.556. The number of fused-ring (bicyclic) bond motifs is 1. The van der Waals surface area contributed by atoms with Gasteiger partial charge in [0.25, 0.3) is 11.8 Å². The minimum atomic E-state index is -0.0435. The van der Waals surface area contributed by atoms with Crippen molar-refractivity contribution in [2.75, 3.05) is 13.1 Å². The largest absolute Gasteiger partial charge is 0.337 e. The van der Waals surface area contributed by atoms with Gasteiger partial charge in [0.2, 0.25) is 0 Å². The van der Waals surface area contributed by atoms with Gasteiger partial charge in [-0.25, -0.2) is 0 Å². The molecule has 0 radical (unpaired) electrons. The van der Waals surface area contributed by atoms with Crippen molar-refractivity contribution in [3.63, 3.8) is 0 Å². The van der Waals surface area contributed by atoms with Gasteiger partial charge in [0.1, 0.15) is 0 Å². The van der Waals surface area contributed by atoms with Crippen molar-refractivity contribution in [3.8, 4) is 0 Å². The molecule has 2 aromatic heterocycles. The highest BCUT2D eigenvalue weighted by molar-refractivity contribution is 5.97. The van der Waals surface area contributed by atoms with E-state index in [1.54, 1.807) is 15.8 Å². The summed E-state index contributed by atoms with van der Waals surface area (Å²) in [7, 11) is 1.84. The van der Waals surface area contributed by atoms with E-state index in [-0.39, 0.29) is 11.8 Å². The standard InChI is InChI=1S/C18H24N6O2/c1-4-24-12(2)13(9-19-24)17(25)23-10-14-15(11-23)21(3)20-16(14)18(26)22-7-5-6-8-22/h9H,4-8,10-11H2,1-3H3. The number of rotatable bonds is 3. The predicted octanol–water partition coefficient (Wildman–Crippen LogP) is 1.34. The number of aryl methyl sites for hydroxylation is 2. The lowest BCUT2D eigenvalue weighted by Gasteiger charge is -2.17. The van der Waals surface area contributed by atoms with Crippen molar-refractivity contribution in [1.82, 2.24) is 29.4 Å². The maximum Gasteiger partial charge on any atom is 0.274 e. The van der Waals surface area contributed by atoms with Crippen LogP contribution in [0.15, 0.2) is 6.20 Å². The molecule has 26 heavy (non-hydrogen) atoms. The minimum absolute atomic E-state index is 0.0105. The number of hydrogen-bond donors (Lipinski definition) is 0. The van der Waals surface area contributed by atoms with Gasteiger partial charge in [-0.05, 0) is 26.7 Å². The molecule has 0 N–H and O–H groups in total. The number of amides is 2. The Morgan fingerprint density at radius 1 is 1.12 bits per heavy atom. The molecule has 4 heterocycles. The molecule has 0 unspecified atom stereocenters. The van der Waals surface area contributed by atoms with Crippen LogP contribution in [-0.4, -0.2) is 54.3 Å². The maximum atomic E-state index is 13.0. The van der Waals surface area contributed by atoms with Gasteiger partial charge in [-0.2, -0.15) is 10.2 Å². The predicted molar refractivity (Wildman–Crippen MR) is 94.6 cm³/mol. The van der Waals surface area contributed by atoms with Crippen molar-refractivity contribution in [2.45, 2.75) is 46.3 Å². The van der Waals surface area contributed by atoms with Crippen molar-refractivity contribution in [1.29, 1.82) is 0 Å². The molecule has 2 aliphatic rings. The Balaban J connectivity index is 1.59. The average Bonchev–Trinajstić information content (AvgIpc) is 3.39. The second kappa shape index (κ2) is 6.26. The van der Waals surface area contributed by atoms with Gasteiger partial charge >= 0.3 is 0 Å². The molecule has 1 saturated heterocycles. The van der Waals surface area contributed by atoms with E-state index in [0.29, 0.717) is 24.3 Å². The Bertz CT molecular complexity index is 875. The summed E-state index contributed by atoms with van der Waals surface area (Å²) in [5, 5.41) is 8.72. The zero-order chi connectivity index (χ0) is 18.4. The summed E-state index contributed by atoms with van der Waals surface area (Å²) in [4.78, 5) is 29.4. The van der Waals surface area contributed by atoms with E-state index in [2.05, 4.69) is 10.2 Å². The molecule has 8 heteroatoms. The van der Waals surface area contributed by atoms with Gasteiger partial charge in [0, 0.05) is 37.9 Å². The third-order valence-electron chi connectivity index (χ3n) is 5.48. The van der Waals surface area contributed by atoms with E-state index >= 15 is 0 Å². The molecule has 2 aromatic rings. The van der Waals surface area contributed by atoms with E-state index < -0.39 is 0 Å². The molecular formula is C18H24N6O2. The van der Waals surface area contributed by atoms with Crippen molar-refractivity contribution in [2.24, 2.45) is 7.05 Å². The number of hydrogen-bond acceptors (Lipinski definition) is 4. The molecule has 2 amide bonds. The third kappa shape index (κ3) is 2.51. The Morgan fingerprint density at radius 3 is 2.50 bits per heavy atom. The molecule has 8 nitrogen and oxygen atoms in total. The van der Waals surface area contributed by atoms with Crippen molar-refractivity contribution in [3.05, 3.63) is 34.4 Å². The molecule has 2 aliphatic heterocycles. The lowest BCUT2D eigenvalue weighted by atomic mass is 10.2. The van der Waals surface area contributed by atoms with Crippen LogP contribution in [0.1, 0.15) is 57.6 Å². The van der Waals surface area contributed by atoms with Gasteiger partial charge in [-0.1, -0.05) is 0 Å². The lowest BCUT2D eigenvalue weighted by Crippen LogP contribution is -2.30. The van der Waals surface area contributed by atoms with Crippen molar-refractivity contribution < 1.29 is 9.59 Å². The molecular weight excluding hydrogens is 332 g/mol. The van der Waals surface area contributed by atoms with Crippen LogP contribution in [0.2, 0.25) is 0 Å². The summed E-state index contributed by atoms with van der Waals surface area (Å²) in [5.41, 5.74) is 3.83. The summed E-state index contributed by atoms with van der Waals surface area (Å²) in [5.74, 6) is -0.0541. The fourth-order valence-corrected chi connectivity index (χ4v) is 3.93. The second-order valence-corrected chi connectivity index (χ2v) is 7.02. The first-order chi connectivity index (χ1) is 12.5.